The quantitative estimate of drug-likeness (QED) is 0.851. The van der Waals surface area contributed by atoms with Crippen LogP contribution >= 0.6 is 12.4 Å². The Morgan fingerprint density at radius 3 is 2.15 bits per heavy atom. The van der Waals surface area contributed by atoms with Crippen molar-refractivity contribution < 1.29 is 14.3 Å². The van der Waals surface area contributed by atoms with Gasteiger partial charge in [0.15, 0.2) is 0 Å². The first-order valence-electron chi connectivity index (χ1n) is 8.97. The van der Waals surface area contributed by atoms with Gasteiger partial charge in [-0.15, -0.1) is 12.4 Å². The Labute approximate surface area is 161 Å². The topological polar surface area (TPSA) is 75.9 Å². The molecule has 0 unspecified atom stereocenters. The number of piperazine rings is 1. The lowest BCUT2D eigenvalue weighted by Gasteiger charge is -2.41. The lowest BCUT2D eigenvalue weighted by atomic mass is 9.89. The molecule has 1 aromatic carbocycles. The second-order valence-corrected chi connectivity index (χ2v) is 7.10. The highest BCUT2D eigenvalue weighted by Crippen LogP contribution is 2.21. The zero-order valence-electron chi connectivity index (χ0n) is 15.3. The number of carbonyl (C=O) groups excluding carboxylic acids is 2. The van der Waals surface area contributed by atoms with Crippen LogP contribution in [0.25, 0.3) is 0 Å². The van der Waals surface area contributed by atoms with Crippen molar-refractivity contribution in [3.8, 4) is 0 Å². The fourth-order valence-corrected chi connectivity index (χ4v) is 3.42. The Balaban J connectivity index is 0.00000243. The monoisotopic (exact) mass is 381 g/mol. The number of rotatable bonds is 3. The van der Waals surface area contributed by atoms with Gasteiger partial charge in [-0.1, -0.05) is 29.8 Å². The number of hydrogen-bond acceptors (Lipinski definition) is 4. The third-order valence-corrected chi connectivity index (χ3v) is 5.21. The number of nitrogens with zero attached hydrogens (tertiary/aromatic N) is 2. The van der Waals surface area contributed by atoms with Crippen LogP contribution < -0.4 is 5.73 Å². The summed E-state index contributed by atoms with van der Waals surface area (Å²) in [6.45, 7) is 5.36. The van der Waals surface area contributed by atoms with E-state index in [0.717, 1.165) is 5.56 Å². The van der Waals surface area contributed by atoms with Gasteiger partial charge in [0.1, 0.15) is 0 Å². The number of halogens is 1. The summed E-state index contributed by atoms with van der Waals surface area (Å²) >= 11 is 0. The molecule has 26 heavy (non-hydrogen) atoms. The number of amides is 2. The molecule has 2 aliphatic heterocycles. The molecule has 2 fully saturated rings. The van der Waals surface area contributed by atoms with E-state index in [9.17, 15) is 9.59 Å². The molecule has 2 aliphatic rings. The van der Waals surface area contributed by atoms with Gasteiger partial charge in [0.05, 0.1) is 12.0 Å². The minimum atomic E-state index is -0.799. The molecule has 2 amide bonds. The predicted molar refractivity (Wildman–Crippen MR) is 102 cm³/mol. The number of aryl methyl sites for hydroxylation is 1. The molecule has 0 saturated carbocycles. The van der Waals surface area contributed by atoms with Gasteiger partial charge >= 0.3 is 0 Å². The van der Waals surface area contributed by atoms with Crippen LogP contribution in [0.1, 0.15) is 24.0 Å². The molecule has 2 N–H and O–H groups in total. The summed E-state index contributed by atoms with van der Waals surface area (Å²) in [5, 5.41) is 0. The van der Waals surface area contributed by atoms with E-state index in [0.29, 0.717) is 58.7 Å². The molecule has 0 aliphatic carbocycles. The average Bonchev–Trinajstić information content (AvgIpc) is 2.64. The van der Waals surface area contributed by atoms with E-state index in [-0.39, 0.29) is 24.2 Å². The van der Waals surface area contributed by atoms with Crippen molar-refractivity contribution in [2.45, 2.75) is 31.7 Å². The fraction of sp³-hybridized carbons (Fsp3) is 0.579. The minimum absolute atomic E-state index is 0. The second kappa shape index (κ2) is 8.84. The van der Waals surface area contributed by atoms with Crippen LogP contribution in [-0.2, 0) is 20.7 Å². The van der Waals surface area contributed by atoms with E-state index in [4.69, 9.17) is 10.5 Å². The Hall–Kier alpha value is -1.63. The Morgan fingerprint density at radius 2 is 1.58 bits per heavy atom. The van der Waals surface area contributed by atoms with E-state index < -0.39 is 5.54 Å². The summed E-state index contributed by atoms with van der Waals surface area (Å²) in [6.07, 6.45) is 1.54. The summed E-state index contributed by atoms with van der Waals surface area (Å²) in [5.74, 6) is 0.117. The smallest absolute Gasteiger partial charge is 0.242 e. The van der Waals surface area contributed by atoms with E-state index in [1.165, 1.54) is 5.56 Å². The standard InChI is InChI=1S/C19H27N3O3.ClH/c1-15-2-4-16(5-3-15)14-17(23)21-8-10-22(11-9-21)18(24)19(20)6-12-25-13-7-19;/h2-5H,6-14,20H2,1H3;1H. The van der Waals surface area contributed by atoms with Crippen LogP contribution in [0.4, 0.5) is 0 Å². The third kappa shape index (κ3) is 4.75. The summed E-state index contributed by atoms with van der Waals surface area (Å²) in [4.78, 5) is 28.8. The van der Waals surface area contributed by atoms with Crippen molar-refractivity contribution in [3.63, 3.8) is 0 Å². The zero-order chi connectivity index (χ0) is 17.9. The molecule has 2 heterocycles. The van der Waals surface area contributed by atoms with E-state index >= 15 is 0 Å². The summed E-state index contributed by atoms with van der Waals surface area (Å²) in [7, 11) is 0. The van der Waals surface area contributed by atoms with Crippen LogP contribution in [-0.4, -0.2) is 66.5 Å². The highest BCUT2D eigenvalue weighted by atomic mass is 35.5. The maximum atomic E-state index is 12.7. The van der Waals surface area contributed by atoms with Crippen molar-refractivity contribution >= 4 is 24.2 Å². The van der Waals surface area contributed by atoms with Gasteiger partial charge < -0.3 is 20.3 Å². The van der Waals surface area contributed by atoms with Crippen molar-refractivity contribution in [1.82, 2.24) is 9.80 Å². The number of carbonyl (C=O) groups is 2. The molecule has 1 aromatic rings. The van der Waals surface area contributed by atoms with Crippen LogP contribution in [0.3, 0.4) is 0 Å². The molecular formula is C19H28ClN3O3. The lowest BCUT2D eigenvalue weighted by molar-refractivity contribution is -0.145. The van der Waals surface area contributed by atoms with Gasteiger partial charge in [-0.2, -0.15) is 0 Å². The Morgan fingerprint density at radius 1 is 1.04 bits per heavy atom. The molecule has 0 radical (unpaired) electrons. The van der Waals surface area contributed by atoms with Gasteiger partial charge in [0, 0.05) is 39.4 Å². The van der Waals surface area contributed by atoms with Gasteiger partial charge in [-0.3, -0.25) is 9.59 Å². The largest absolute Gasteiger partial charge is 0.381 e. The van der Waals surface area contributed by atoms with Gasteiger partial charge in [0.2, 0.25) is 11.8 Å². The molecule has 6 nitrogen and oxygen atoms in total. The molecule has 0 spiro atoms. The van der Waals surface area contributed by atoms with Crippen molar-refractivity contribution in [3.05, 3.63) is 35.4 Å². The molecule has 0 aromatic heterocycles. The van der Waals surface area contributed by atoms with Gasteiger partial charge in [-0.05, 0) is 25.3 Å². The van der Waals surface area contributed by atoms with Crippen molar-refractivity contribution in [1.29, 1.82) is 0 Å². The maximum Gasteiger partial charge on any atom is 0.242 e. The summed E-state index contributed by atoms with van der Waals surface area (Å²) in [6, 6.07) is 8.04. The molecular weight excluding hydrogens is 354 g/mol. The van der Waals surface area contributed by atoms with Gasteiger partial charge in [-0.25, -0.2) is 0 Å². The van der Waals surface area contributed by atoms with Crippen LogP contribution in [0.2, 0.25) is 0 Å². The van der Waals surface area contributed by atoms with Gasteiger partial charge in [0.25, 0.3) is 0 Å². The second-order valence-electron chi connectivity index (χ2n) is 7.10. The number of hydrogen-bond donors (Lipinski definition) is 1. The van der Waals surface area contributed by atoms with Crippen molar-refractivity contribution in [2.75, 3.05) is 39.4 Å². The number of benzene rings is 1. The first-order valence-corrected chi connectivity index (χ1v) is 8.97. The molecule has 144 valence electrons. The van der Waals surface area contributed by atoms with Crippen LogP contribution in [0.15, 0.2) is 24.3 Å². The van der Waals surface area contributed by atoms with Crippen LogP contribution in [0, 0.1) is 6.92 Å². The average molecular weight is 382 g/mol. The summed E-state index contributed by atoms with van der Waals surface area (Å²) < 4.78 is 5.31. The van der Waals surface area contributed by atoms with Crippen molar-refractivity contribution in [2.24, 2.45) is 5.73 Å². The summed E-state index contributed by atoms with van der Waals surface area (Å²) in [5.41, 5.74) is 7.70. The van der Waals surface area contributed by atoms with E-state index in [1.807, 2.05) is 36.1 Å². The Kier molecular flexibility index (Phi) is 7.03. The predicted octanol–water partition coefficient (Wildman–Crippen LogP) is 1.14. The zero-order valence-corrected chi connectivity index (χ0v) is 16.1. The van der Waals surface area contributed by atoms with E-state index in [2.05, 4.69) is 0 Å². The SMILES string of the molecule is Cc1ccc(CC(=O)N2CCN(C(=O)C3(N)CCOCC3)CC2)cc1.Cl. The molecule has 2 saturated heterocycles. The molecule has 7 heteroatoms. The maximum absolute atomic E-state index is 12.7. The first-order chi connectivity index (χ1) is 12.0. The fourth-order valence-electron chi connectivity index (χ4n) is 3.42. The molecule has 0 bridgehead atoms. The normalized spacial score (nSPS) is 19.6. The molecule has 0 atom stereocenters. The van der Waals surface area contributed by atoms with Crippen LogP contribution in [0.5, 0.6) is 0 Å². The Bertz CT molecular complexity index is 621. The molecule has 3 rings (SSSR count). The number of nitrogens with two attached hydrogens (primary N) is 1. The number of ether oxygens (including phenoxy) is 1. The van der Waals surface area contributed by atoms with E-state index in [1.54, 1.807) is 4.90 Å². The lowest BCUT2D eigenvalue weighted by Crippen LogP contribution is -2.61. The third-order valence-electron chi connectivity index (χ3n) is 5.21. The first kappa shape index (κ1) is 20.7. The highest BCUT2D eigenvalue weighted by Gasteiger charge is 2.40. The minimum Gasteiger partial charge on any atom is -0.381 e. The highest BCUT2D eigenvalue weighted by molar-refractivity contribution is 5.87.